The van der Waals surface area contributed by atoms with Crippen LogP contribution in [0, 0.1) is 18.8 Å². The van der Waals surface area contributed by atoms with Crippen LogP contribution in [-0.4, -0.2) is 28.5 Å². The van der Waals surface area contributed by atoms with Gasteiger partial charge in [0, 0.05) is 37.8 Å². The first kappa shape index (κ1) is 21.4. The molecule has 0 bridgehead atoms. The van der Waals surface area contributed by atoms with E-state index in [2.05, 4.69) is 16.0 Å². The summed E-state index contributed by atoms with van der Waals surface area (Å²) in [6.45, 7) is 1.83. The average Bonchev–Trinajstić information content (AvgIpc) is 2.63. The number of aromatic hydroxyl groups is 1. The summed E-state index contributed by atoms with van der Waals surface area (Å²) in [5, 5.41) is 8.88. The zero-order valence-corrected chi connectivity index (χ0v) is 16.5. The zero-order chi connectivity index (χ0) is 18.2. The Balaban J connectivity index is 0.000000290. The minimum absolute atomic E-state index is 0. The first-order chi connectivity index (χ1) is 12.0. The van der Waals surface area contributed by atoms with Crippen LogP contribution in [0.3, 0.4) is 0 Å². The second-order valence-corrected chi connectivity index (χ2v) is 4.97. The summed E-state index contributed by atoms with van der Waals surface area (Å²) >= 11 is 0. The van der Waals surface area contributed by atoms with E-state index >= 15 is 0 Å². The van der Waals surface area contributed by atoms with E-state index in [-0.39, 0.29) is 31.7 Å². The normalized spacial score (nSPS) is 9.35. The van der Waals surface area contributed by atoms with Gasteiger partial charge in [-0.05, 0) is 19.1 Å². The molecule has 26 heavy (non-hydrogen) atoms. The molecule has 7 heteroatoms. The number of para-hydroxylation sites is 1. The van der Waals surface area contributed by atoms with E-state index in [4.69, 9.17) is 9.84 Å². The molecule has 1 heterocycles. The number of benzene rings is 2. The predicted octanol–water partition coefficient (Wildman–Crippen LogP) is 3.60. The fraction of sp³-hybridized carbons (Fsp3) is 0.105. The topological polar surface area (TPSA) is 72.3 Å². The predicted molar refractivity (Wildman–Crippen MR) is 91.0 cm³/mol. The first-order valence-corrected chi connectivity index (χ1v) is 7.33. The van der Waals surface area contributed by atoms with Crippen molar-refractivity contribution >= 4 is 6.29 Å². The number of ether oxygens (including phenoxy) is 1. The number of halogens is 1. The van der Waals surface area contributed by atoms with Gasteiger partial charge in [0.2, 0.25) is 0 Å². The molecule has 0 amide bonds. The summed E-state index contributed by atoms with van der Waals surface area (Å²) in [7, 11) is 1.52. The van der Waals surface area contributed by atoms with Gasteiger partial charge in [-0.2, -0.15) is 0 Å². The van der Waals surface area contributed by atoms with Crippen molar-refractivity contribution in [3.63, 3.8) is 0 Å². The largest absolute Gasteiger partial charge is 0.507 e. The molecular formula is C19H16FIrN2O3-. The molecule has 0 saturated heterocycles. The van der Waals surface area contributed by atoms with E-state index in [1.807, 2.05) is 6.92 Å². The molecule has 3 aromatic rings. The summed E-state index contributed by atoms with van der Waals surface area (Å²) in [6, 6.07) is 13.4. The Morgan fingerprint density at radius 2 is 1.96 bits per heavy atom. The van der Waals surface area contributed by atoms with Crippen LogP contribution in [0.1, 0.15) is 16.1 Å². The molecule has 0 unspecified atom stereocenters. The van der Waals surface area contributed by atoms with Crippen molar-refractivity contribution in [2.45, 2.75) is 6.92 Å². The Morgan fingerprint density at radius 3 is 2.50 bits per heavy atom. The summed E-state index contributed by atoms with van der Waals surface area (Å²) in [5.74, 6) is 0.123. The number of methoxy groups -OCH3 is 1. The van der Waals surface area contributed by atoms with Crippen LogP contribution in [0.4, 0.5) is 4.39 Å². The second-order valence-electron chi connectivity index (χ2n) is 4.97. The van der Waals surface area contributed by atoms with Crippen molar-refractivity contribution in [2.24, 2.45) is 0 Å². The van der Waals surface area contributed by atoms with E-state index < -0.39 is 0 Å². The summed E-state index contributed by atoms with van der Waals surface area (Å²) in [5.41, 5.74) is 2.32. The second kappa shape index (κ2) is 10.4. The van der Waals surface area contributed by atoms with E-state index in [0.717, 1.165) is 5.69 Å². The number of aryl methyl sites for hydroxylation is 1. The third-order valence-electron chi connectivity index (χ3n) is 3.15. The maximum absolute atomic E-state index is 12.8. The number of hydrogen-bond donors (Lipinski definition) is 1. The molecule has 0 saturated carbocycles. The van der Waals surface area contributed by atoms with Gasteiger partial charge >= 0.3 is 0 Å². The number of aldehydes is 1. The number of carbonyl (C=O) groups excluding carboxylic acids is 1. The van der Waals surface area contributed by atoms with E-state index in [1.165, 1.54) is 25.3 Å². The summed E-state index contributed by atoms with van der Waals surface area (Å²) in [6.07, 6.45) is 2.25. The van der Waals surface area contributed by atoms with Gasteiger partial charge in [-0.15, -0.1) is 29.8 Å². The van der Waals surface area contributed by atoms with Gasteiger partial charge in [-0.25, -0.2) is 4.98 Å². The first-order valence-electron chi connectivity index (χ1n) is 7.33. The Hall–Kier alpha value is -2.63. The Bertz CT molecular complexity index is 858. The zero-order valence-electron chi connectivity index (χ0n) is 14.1. The molecule has 3 rings (SSSR count). The molecular weight excluding hydrogens is 515 g/mol. The van der Waals surface area contributed by atoms with Crippen molar-refractivity contribution in [2.75, 3.05) is 7.11 Å². The molecule has 1 N–H and O–H groups in total. The molecule has 0 aliphatic heterocycles. The minimum Gasteiger partial charge on any atom is -0.507 e. The van der Waals surface area contributed by atoms with E-state index in [1.54, 1.807) is 30.5 Å². The van der Waals surface area contributed by atoms with E-state index in [9.17, 15) is 9.18 Å². The van der Waals surface area contributed by atoms with Crippen molar-refractivity contribution in [1.82, 2.24) is 9.97 Å². The maximum Gasteiger partial charge on any atom is 0.194 e. The monoisotopic (exact) mass is 532 g/mol. The molecule has 1 aromatic heterocycles. The van der Waals surface area contributed by atoms with Gasteiger partial charge in [0.25, 0.3) is 0 Å². The number of phenols is 1. The van der Waals surface area contributed by atoms with Gasteiger partial charge in [0.05, 0.1) is 18.4 Å². The Kier molecular flexibility index (Phi) is 8.55. The van der Waals surface area contributed by atoms with Gasteiger partial charge in [-0.1, -0.05) is 12.1 Å². The molecule has 1 radical (unpaired) electrons. The van der Waals surface area contributed by atoms with Crippen molar-refractivity contribution < 1.29 is 39.1 Å². The molecule has 0 aliphatic carbocycles. The maximum atomic E-state index is 12.8. The van der Waals surface area contributed by atoms with Crippen molar-refractivity contribution in [3.8, 4) is 22.9 Å². The number of aromatic nitrogens is 2. The SMILES string of the molecule is COc1nc(C)cnc1-c1[c-]cc(F)cc1.O=Cc1ccccc1O.[Ir]. The average molecular weight is 532 g/mol. The van der Waals surface area contributed by atoms with Gasteiger partial charge in [0.15, 0.2) is 12.2 Å². The molecule has 0 fully saturated rings. The molecule has 5 nitrogen and oxygen atoms in total. The summed E-state index contributed by atoms with van der Waals surface area (Å²) < 4.78 is 17.9. The third-order valence-corrected chi connectivity index (χ3v) is 3.15. The smallest absolute Gasteiger partial charge is 0.194 e. The van der Waals surface area contributed by atoms with Gasteiger partial charge < -0.3 is 9.84 Å². The Labute approximate surface area is 164 Å². The van der Waals surface area contributed by atoms with Crippen LogP contribution in [0.15, 0.2) is 48.7 Å². The van der Waals surface area contributed by atoms with Crippen molar-refractivity contribution in [3.05, 3.63) is 71.8 Å². The standard InChI is InChI=1S/C12H10FN2O.C7H6O2.Ir/c1-8-7-14-11(12(15-8)16-2)9-3-5-10(13)6-4-9;8-5-6-3-1-2-4-7(6)9;/h3,5-7H,1-2H3;1-5,9H;/q-1;;. The van der Waals surface area contributed by atoms with Crippen LogP contribution < -0.4 is 4.74 Å². The number of rotatable bonds is 3. The quantitative estimate of drug-likeness (QED) is 0.413. The van der Waals surface area contributed by atoms with Crippen LogP contribution in [-0.2, 0) is 20.1 Å². The van der Waals surface area contributed by atoms with Crippen LogP contribution in [0.25, 0.3) is 11.3 Å². The molecule has 0 aliphatic rings. The Morgan fingerprint density at radius 1 is 1.23 bits per heavy atom. The summed E-state index contributed by atoms with van der Waals surface area (Å²) in [4.78, 5) is 18.5. The molecule has 137 valence electrons. The van der Waals surface area contributed by atoms with Crippen LogP contribution in [0.2, 0.25) is 0 Å². The van der Waals surface area contributed by atoms with E-state index in [0.29, 0.717) is 29.0 Å². The number of nitrogens with zero attached hydrogens (tertiary/aromatic N) is 2. The minimum atomic E-state index is -0.331. The number of carbonyl (C=O) groups is 1. The van der Waals surface area contributed by atoms with Crippen LogP contribution in [0.5, 0.6) is 11.6 Å². The number of hydrogen-bond acceptors (Lipinski definition) is 5. The third kappa shape index (κ3) is 5.72. The fourth-order valence-corrected chi connectivity index (χ4v) is 1.92. The molecule has 0 spiro atoms. The van der Waals surface area contributed by atoms with Gasteiger partial charge in [0.1, 0.15) is 5.75 Å². The number of phenolic OH excluding ortho intramolecular Hbond substituents is 1. The van der Waals surface area contributed by atoms with Gasteiger partial charge in [-0.3, -0.25) is 14.2 Å². The van der Waals surface area contributed by atoms with Crippen LogP contribution >= 0.6 is 0 Å². The molecule has 0 atom stereocenters. The fourth-order valence-electron chi connectivity index (χ4n) is 1.92. The van der Waals surface area contributed by atoms with Crippen molar-refractivity contribution in [1.29, 1.82) is 0 Å². The molecule has 2 aromatic carbocycles.